The van der Waals surface area contributed by atoms with Gasteiger partial charge in [-0.3, -0.25) is 14.8 Å². The van der Waals surface area contributed by atoms with E-state index in [2.05, 4.69) is 0 Å². The van der Waals surface area contributed by atoms with Crippen molar-refractivity contribution >= 4 is 33.0 Å². The van der Waals surface area contributed by atoms with Crippen molar-refractivity contribution in [3.8, 4) is 0 Å². The molecule has 0 aliphatic rings. The number of rotatable bonds is 7. The van der Waals surface area contributed by atoms with Crippen LogP contribution in [0.15, 0.2) is 18.2 Å². The van der Waals surface area contributed by atoms with Gasteiger partial charge in [0.1, 0.15) is 0 Å². The molecule has 0 aliphatic carbocycles. The van der Waals surface area contributed by atoms with Gasteiger partial charge in [0.25, 0.3) is 5.69 Å². The molecule has 1 rings (SSSR count). The Labute approximate surface area is 114 Å². The molecule has 0 saturated heterocycles. The lowest BCUT2D eigenvalue weighted by Crippen LogP contribution is -2.17. The van der Waals surface area contributed by atoms with Crippen LogP contribution in [0.5, 0.6) is 0 Å². The molecule has 1 aromatic carbocycles. The number of hydrogen-bond acceptors (Lipinski definition) is 4. The number of unbranched alkanes of at least 4 members (excludes halogenated alkanes) is 1. The highest BCUT2D eigenvalue weighted by atomic mass is 35.5. The standard InChI is InChI=1S/C10H12ClFN2O4S/c11-5-1-2-6-19(17,18)13-10-4-3-8(14(15)16)7-9(10)12/h3-4,7,13H,1-2,5-6H2. The van der Waals surface area contributed by atoms with Crippen molar-refractivity contribution in [2.75, 3.05) is 16.4 Å². The van der Waals surface area contributed by atoms with Gasteiger partial charge in [0.2, 0.25) is 10.0 Å². The number of nitrogens with one attached hydrogen (secondary N) is 1. The summed E-state index contributed by atoms with van der Waals surface area (Å²) in [6, 6.07) is 2.71. The van der Waals surface area contributed by atoms with Crippen LogP contribution in [0.3, 0.4) is 0 Å². The largest absolute Gasteiger partial charge is 0.281 e. The Morgan fingerprint density at radius 3 is 2.58 bits per heavy atom. The van der Waals surface area contributed by atoms with Gasteiger partial charge in [-0.25, -0.2) is 12.8 Å². The number of nitrogens with zero attached hydrogens (tertiary/aromatic N) is 1. The van der Waals surface area contributed by atoms with Crippen LogP contribution in [0.4, 0.5) is 15.8 Å². The first-order valence-corrected chi connectivity index (χ1v) is 7.55. The first-order valence-electron chi connectivity index (χ1n) is 5.36. The van der Waals surface area contributed by atoms with Crippen LogP contribution < -0.4 is 4.72 Å². The summed E-state index contributed by atoms with van der Waals surface area (Å²) in [5.74, 6) is -0.826. The summed E-state index contributed by atoms with van der Waals surface area (Å²) in [5, 5.41) is 10.4. The summed E-state index contributed by atoms with van der Waals surface area (Å²) in [5.41, 5.74) is -0.751. The maximum atomic E-state index is 13.5. The molecule has 0 radical (unpaired) electrons. The van der Waals surface area contributed by atoms with Crippen LogP contribution in [0.25, 0.3) is 0 Å². The van der Waals surface area contributed by atoms with E-state index in [-0.39, 0.29) is 11.4 Å². The summed E-state index contributed by atoms with van der Waals surface area (Å²) in [6.45, 7) is 0. The first-order chi connectivity index (χ1) is 8.85. The van der Waals surface area contributed by atoms with Crippen molar-refractivity contribution in [2.45, 2.75) is 12.8 Å². The third-order valence-corrected chi connectivity index (χ3v) is 3.85. The molecule has 1 N–H and O–H groups in total. The first kappa shape index (κ1) is 15.6. The van der Waals surface area contributed by atoms with E-state index in [1.807, 2.05) is 4.72 Å². The Morgan fingerprint density at radius 1 is 1.37 bits per heavy atom. The topological polar surface area (TPSA) is 89.3 Å². The molecule has 0 aromatic heterocycles. The van der Waals surface area contributed by atoms with E-state index in [0.717, 1.165) is 12.1 Å². The number of alkyl halides is 1. The fourth-order valence-electron chi connectivity index (χ4n) is 1.31. The third-order valence-electron chi connectivity index (χ3n) is 2.23. The van der Waals surface area contributed by atoms with Gasteiger partial charge in [0.05, 0.1) is 22.4 Å². The molecule has 0 unspecified atom stereocenters. The van der Waals surface area contributed by atoms with Crippen LogP contribution in [0.1, 0.15) is 12.8 Å². The number of sulfonamides is 1. The quantitative estimate of drug-likeness (QED) is 0.362. The predicted octanol–water partition coefficient (Wildman–Crippen LogP) is 2.49. The molecule has 0 atom stereocenters. The molecule has 0 aliphatic heterocycles. The lowest BCUT2D eigenvalue weighted by Gasteiger charge is -2.08. The van der Waals surface area contributed by atoms with Crippen LogP contribution in [0, 0.1) is 15.9 Å². The van der Waals surface area contributed by atoms with Crippen LogP contribution in [-0.2, 0) is 10.0 Å². The normalized spacial score (nSPS) is 11.3. The fourth-order valence-corrected chi connectivity index (χ4v) is 2.68. The van der Waals surface area contributed by atoms with Crippen molar-refractivity contribution in [1.82, 2.24) is 0 Å². The molecule has 0 saturated carbocycles. The van der Waals surface area contributed by atoms with Crippen LogP contribution in [-0.4, -0.2) is 25.0 Å². The maximum Gasteiger partial charge on any atom is 0.272 e. The zero-order valence-electron chi connectivity index (χ0n) is 9.80. The molecule has 1 aromatic rings. The Kier molecular flexibility index (Phi) is 5.49. The lowest BCUT2D eigenvalue weighted by molar-refractivity contribution is -0.385. The number of nitro groups is 1. The molecule has 0 amide bonds. The van der Waals surface area contributed by atoms with Gasteiger partial charge in [-0.1, -0.05) is 0 Å². The highest BCUT2D eigenvalue weighted by Crippen LogP contribution is 2.21. The van der Waals surface area contributed by atoms with E-state index < -0.39 is 26.5 Å². The van der Waals surface area contributed by atoms with E-state index in [1.54, 1.807) is 0 Å². The van der Waals surface area contributed by atoms with Gasteiger partial charge in [0, 0.05) is 11.9 Å². The van der Waals surface area contributed by atoms with Crippen molar-refractivity contribution in [2.24, 2.45) is 0 Å². The number of anilines is 1. The summed E-state index contributed by atoms with van der Waals surface area (Å²) in [6.07, 6.45) is 0.888. The van der Waals surface area contributed by atoms with Crippen molar-refractivity contribution in [3.63, 3.8) is 0 Å². The Bertz CT molecular complexity index is 565. The molecule has 0 bridgehead atoms. The van der Waals surface area contributed by atoms with Gasteiger partial charge in [-0.05, 0) is 18.9 Å². The van der Waals surface area contributed by atoms with Crippen LogP contribution >= 0.6 is 11.6 Å². The van der Waals surface area contributed by atoms with E-state index in [0.29, 0.717) is 24.8 Å². The Hall–Kier alpha value is -1.41. The third kappa shape index (κ3) is 4.99. The molecule has 9 heteroatoms. The zero-order chi connectivity index (χ0) is 14.5. The van der Waals surface area contributed by atoms with Crippen molar-refractivity contribution in [3.05, 3.63) is 34.1 Å². The SMILES string of the molecule is O=[N+]([O-])c1ccc(NS(=O)(=O)CCCCCl)c(F)c1. The van der Waals surface area contributed by atoms with E-state index in [4.69, 9.17) is 11.6 Å². The fraction of sp³-hybridized carbons (Fsp3) is 0.400. The summed E-state index contributed by atoms with van der Waals surface area (Å²) in [7, 11) is -3.68. The molecule has 6 nitrogen and oxygen atoms in total. The number of non-ortho nitro benzene ring substituents is 1. The van der Waals surface area contributed by atoms with E-state index >= 15 is 0 Å². The van der Waals surface area contributed by atoms with Crippen LogP contribution in [0.2, 0.25) is 0 Å². The van der Waals surface area contributed by atoms with Crippen molar-refractivity contribution < 1.29 is 17.7 Å². The molecular weight excluding hydrogens is 299 g/mol. The average molecular weight is 311 g/mol. The predicted molar refractivity (Wildman–Crippen MR) is 70.4 cm³/mol. The smallest absolute Gasteiger partial charge is 0.272 e. The molecular formula is C10H12ClFN2O4S. The number of nitro benzene ring substituents is 1. The van der Waals surface area contributed by atoms with Gasteiger partial charge in [0.15, 0.2) is 5.82 Å². The number of benzene rings is 1. The minimum absolute atomic E-state index is 0.184. The van der Waals surface area contributed by atoms with E-state index in [9.17, 15) is 22.9 Å². The molecule has 0 heterocycles. The summed E-state index contributed by atoms with van der Waals surface area (Å²) in [4.78, 5) is 9.65. The summed E-state index contributed by atoms with van der Waals surface area (Å²) >= 11 is 5.42. The molecule has 0 fully saturated rings. The van der Waals surface area contributed by atoms with Gasteiger partial charge >= 0.3 is 0 Å². The number of halogens is 2. The maximum absolute atomic E-state index is 13.5. The van der Waals surface area contributed by atoms with E-state index in [1.165, 1.54) is 0 Å². The molecule has 106 valence electrons. The van der Waals surface area contributed by atoms with Gasteiger partial charge in [-0.15, -0.1) is 11.6 Å². The van der Waals surface area contributed by atoms with Gasteiger partial charge in [-0.2, -0.15) is 0 Å². The summed E-state index contributed by atoms with van der Waals surface area (Å²) < 4.78 is 38.7. The highest BCUT2D eigenvalue weighted by molar-refractivity contribution is 7.92. The zero-order valence-corrected chi connectivity index (χ0v) is 11.4. The minimum atomic E-state index is -3.68. The number of hydrogen-bond donors (Lipinski definition) is 1. The second kappa shape index (κ2) is 6.67. The monoisotopic (exact) mass is 310 g/mol. The average Bonchev–Trinajstić information content (AvgIpc) is 2.31. The molecule has 0 spiro atoms. The molecule has 19 heavy (non-hydrogen) atoms. The minimum Gasteiger partial charge on any atom is -0.281 e. The Balaban J connectivity index is 2.79. The Morgan fingerprint density at radius 2 is 2.05 bits per heavy atom. The second-order valence-electron chi connectivity index (χ2n) is 3.74. The van der Waals surface area contributed by atoms with Crippen molar-refractivity contribution in [1.29, 1.82) is 0 Å². The van der Waals surface area contributed by atoms with Gasteiger partial charge < -0.3 is 0 Å². The highest BCUT2D eigenvalue weighted by Gasteiger charge is 2.15. The lowest BCUT2D eigenvalue weighted by atomic mass is 10.3. The second-order valence-corrected chi connectivity index (χ2v) is 5.96.